The summed E-state index contributed by atoms with van der Waals surface area (Å²) < 4.78 is 37.2. The van der Waals surface area contributed by atoms with Gasteiger partial charge in [0, 0.05) is 0 Å². The monoisotopic (exact) mass is 287 g/mol. The van der Waals surface area contributed by atoms with Crippen molar-refractivity contribution in [2.75, 3.05) is 5.32 Å². The highest BCUT2D eigenvalue weighted by Gasteiger charge is 2.35. The fourth-order valence-electron chi connectivity index (χ4n) is 1.52. The van der Waals surface area contributed by atoms with Crippen molar-refractivity contribution in [3.63, 3.8) is 0 Å². The molecule has 0 saturated carbocycles. The van der Waals surface area contributed by atoms with Crippen LogP contribution in [0.15, 0.2) is 24.3 Å². The standard InChI is InChI=1S/C12H12F3N3S/c1-7-3-5-9(6-4-7)8(2)16-11-18-17-10(19-11)12(13,14)15/h3-6,8H,1-2H3,(H,16,18). The molecule has 1 unspecified atom stereocenters. The molecule has 1 aromatic heterocycles. The summed E-state index contributed by atoms with van der Waals surface area (Å²) in [7, 11) is 0. The number of nitrogens with zero attached hydrogens (tertiary/aromatic N) is 2. The Morgan fingerprint density at radius 3 is 2.32 bits per heavy atom. The normalized spacial score (nSPS) is 13.3. The predicted molar refractivity (Wildman–Crippen MR) is 68.1 cm³/mol. The van der Waals surface area contributed by atoms with Crippen LogP contribution in [0.2, 0.25) is 0 Å². The molecule has 0 fully saturated rings. The molecule has 0 amide bonds. The molecule has 0 aliphatic heterocycles. The largest absolute Gasteiger partial charge is 0.445 e. The zero-order valence-electron chi connectivity index (χ0n) is 10.3. The summed E-state index contributed by atoms with van der Waals surface area (Å²) in [6, 6.07) is 7.63. The Bertz CT molecular complexity index is 548. The van der Waals surface area contributed by atoms with Crippen LogP contribution in [0.25, 0.3) is 0 Å². The van der Waals surface area contributed by atoms with Crippen LogP contribution in [0.3, 0.4) is 0 Å². The van der Waals surface area contributed by atoms with Crippen molar-refractivity contribution in [2.45, 2.75) is 26.1 Å². The lowest BCUT2D eigenvalue weighted by atomic mass is 10.1. The number of hydrogen-bond acceptors (Lipinski definition) is 4. The van der Waals surface area contributed by atoms with E-state index in [0.717, 1.165) is 11.1 Å². The van der Waals surface area contributed by atoms with Gasteiger partial charge in [-0.15, -0.1) is 10.2 Å². The minimum absolute atomic E-state index is 0.130. The van der Waals surface area contributed by atoms with Crippen molar-refractivity contribution in [1.82, 2.24) is 10.2 Å². The molecule has 1 atom stereocenters. The summed E-state index contributed by atoms with van der Waals surface area (Å²) in [5.41, 5.74) is 2.11. The minimum atomic E-state index is -4.44. The van der Waals surface area contributed by atoms with Gasteiger partial charge in [0.15, 0.2) is 0 Å². The van der Waals surface area contributed by atoms with E-state index in [0.29, 0.717) is 11.3 Å². The molecule has 1 heterocycles. The Morgan fingerprint density at radius 2 is 1.79 bits per heavy atom. The number of alkyl halides is 3. The highest BCUT2D eigenvalue weighted by molar-refractivity contribution is 7.15. The van der Waals surface area contributed by atoms with Gasteiger partial charge in [0.25, 0.3) is 0 Å². The van der Waals surface area contributed by atoms with E-state index < -0.39 is 11.2 Å². The molecule has 3 nitrogen and oxygen atoms in total. The van der Waals surface area contributed by atoms with Gasteiger partial charge in [-0.2, -0.15) is 13.2 Å². The molecule has 0 aliphatic carbocycles. The molecule has 19 heavy (non-hydrogen) atoms. The average molecular weight is 287 g/mol. The SMILES string of the molecule is Cc1ccc(C(C)Nc2nnc(C(F)(F)F)s2)cc1. The maximum absolute atomic E-state index is 12.4. The quantitative estimate of drug-likeness (QED) is 0.925. The maximum Gasteiger partial charge on any atom is 0.445 e. The first-order valence-corrected chi connectivity index (χ1v) is 6.41. The summed E-state index contributed by atoms with van der Waals surface area (Å²) >= 11 is 0.508. The fraction of sp³-hybridized carbons (Fsp3) is 0.333. The van der Waals surface area contributed by atoms with Gasteiger partial charge in [-0.3, -0.25) is 0 Å². The van der Waals surface area contributed by atoms with Crippen LogP contribution in [-0.4, -0.2) is 10.2 Å². The Hall–Kier alpha value is -1.63. The number of nitrogens with one attached hydrogen (secondary N) is 1. The summed E-state index contributed by atoms with van der Waals surface area (Å²) in [5, 5.41) is 8.78. The van der Waals surface area contributed by atoms with Crippen LogP contribution >= 0.6 is 11.3 Å². The zero-order chi connectivity index (χ0) is 14.0. The van der Waals surface area contributed by atoms with Crippen molar-refractivity contribution in [2.24, 2.45) is 0 Å². The number of hydrogen-bond donors (Lipinski definition) is 1. The third-order valence-corrected chi connectivity index (χ3v) is 3.48. The van der Waals surface area contributed by atoms with Gasteiger partial charge in [-0.25, -0.2) is 0 Å². The summed E-state index contributed by atoms with van der Waals surface area (Å²) in [6.07, 6.45) is -4.44. The topological polar surface area (TPSA) is 37.8 Å². The number of aryl methyl sites for hydroxylation is 1. The van der Waals surface area contributed by atoms with Gasteiger partial charge in [-0.05, 0) is 19.4 Å². The number of benzene rings is 1. The van der Waals surface area contributed by atoms with Crippen molar-refractivity contribution in [1.29, 1.82) is 0 Å². The molecule has 1 aromatic carbocycles. The average Bonchev–Trinajstić information content (AvgIpc) is 2.78. The van der Waals surface area contributed by atoms with Crippen molar-refractivity contribution in [3.05, 3.63) is 40.4 Å². The third-order valence-electron chi connectivity index (χ3n) is 2.58. The molecule has 2 aromatic rings. The van der Waals surface area contributed by atoms with E-state index in [1.807, 2.05) is 38.1 Å². The Balaban J connectivity index is 2.08. The zero-order valence-corrected chi connectivity index (χ0v) is 11.1. The Kier molecular flexibility index (Phi) is 3.75. The first kappa shape index (κ1) is 13.8. The van der Waals surface area contributed by atoms with Crippen LogP contribution in [-0.2, 0) is 6.18 Å². The molecule has 0 radical (unpaired) electrons. The highest BCUT2D eigenvalue weighted by atomic mass is 32.1. The maximum atomic E-state index is 12.4. The van der Waals surface area contributed by atoms with Crippen LogP contribution in [0.4, 0.5) is 18.3 Å². The number of anilines is 1. The third kappa shape index (κ3) is 3.44. The van der Waals surface area contributed by atoms with Crippen LogP contribution in [0.5, 0.6) is 0 Å². The molecule has 2 rings (SSSR count). The highest BCUT2D eigenvalue weighted by Crippen LogP contribution is 2.34. The predicted octanol–water partition coefficient (Wildman–Crippen LogP) is 4.04. The summed E-state index contributed by atoms with van der Waals surface area (Å²) in [6.45, 7) is 3.83. The second-order valence-corrected chi connectivity index (χ2v) is 5.16. The van der Waals surface area contributed by atoms with Crippen molar-refractivity contribution in [3.8, 4) is 0 Å². The van der Waals surface area contributed by atoms with Gasteiger partial charge in [-0.1, -0.05) is 41.2 Å². The van der Waals surface area contributed by atoms with Gasteiger partial charge in [0.2, 0.25) is 10.1 Å². The van der Waals surface area contributed by atoms with E-state index in [1.54, 1.807) is 0 Å². The van der Waals surface area contributed by atoms with E-state index in [1.165, 1.54) is 0 Å². The number of halogens is 3. The fourth-order valence-corrected chi connectivity index (χ4v) is 2.22. The molecule has 0 bridgehead atoms. The lowest BCUT2D eigenvalue weighted by Crippen LogP contribution is -2.06. The van der Waals surface area contributed by atoms with E-state index in [4.69, 9.17) is 0 Å². The Morgan fingerprint density at radius 1 is 1.16 bits per heavy atom. The van der Waals surface area contributed by atoms with Crippen LogP contribution in [0.1, 0.15) is 29.1 Å². The lowest BCUT2D eigenvalue weighted by Gasteiger charge is -2.12. The first-order valence-electron chi connectivity index (χ1n) is 5.60. The molecular formula is C12H12F3N3S. The summed E-state index contributed by atoms with van der Waals surface area (Å²) in [5.74, 6) is 0. The van der Waals surface area contributed by atoms with E-state index in [-0.39, 0.29) is 11.2 Å². The van der Waals surface area contributed by atoms with E-state index >= 15 is 0 Å². The molecule has 102 valence electrons. The van der Waals surface area contributed by atoms with Gasteiger partial charge in [0.1, 0.15) is 0 Å². The van der Waals surface area contributed by atoms with Gasteiger partial charge < -0.3 is 5.32 Å². The first-order chi connectivity index (χ1) is 8.86. The number of aromatic nitrogens is 2. The molecule has 1 N–H and O–H groups in total. The molecule has 0 aliphatic rings. The Labute approximate surface area is 112 Å². The van der Waals surface area contributed by atoms with Crippen LogP contribution in [0, 0.1) is 6.92 Å². The van der Waals surface area contributed by atoms with Gasteiger partial charge >= 0.3 is 6.18 Å². The van der Waals surface area contributed by atoms with E-state index in [2.05, 4.69) is 15.5 Å². The summed E-state index contributed by atoms with van der Waals surface area (Å²) in [4.78, 5) is 0. The second kappa shape index (κ2) is 5.16. The van der Waals surface area contributed by atoms with Crippen molar-refractivity contribution >= 4 is 16.5 Å². The number of rotatable bonds is 3. The second-order valence-electron chi connectivity index (χ2n) is 4.19. The van der Waals surface area contributed by atoms with Crippen molar-refractivity contribution < 1.29 is 13.2 Å². The lowest BCUT2D eigenvalue weighted by molar-refractivity contribution is -0.138. The molecule has 0 spiro atoms. The molecular weight excluding hydrogens is 275 g/mol. The van der Waals surface area contributed by atoms with E-state index in [9.17, 15) is 13.2 Å². The minimum Gasteiger partial charge on any atom is -0.354 e. The van der Waals surface area contributed by atoms with Gasteiger partial charge in [0.05, 0.1) is 6.04 Å². The smallest absolute Gasteiger partial charge is 0.354 e. The molecule has 0 saturated heterocycles. The molecule has 7 heteroatoms. The van der Waals surface area contributed by atoms with Crippen LogP contribution < -0.4 is 5.32 Å².